The van der Waals surface area contributed by atoms with Crippen molar-refractivity contribution in [2.45, 2.75) is 83.8 Å². The number of halogens is 1. The highest BCUT2D eigenvalue weighted by Crippen LogP contribution is 2.66. The van der Waals surface area contributed by atoms with Crippen molar-refractivity contribution in [1.29, 1.82) is 0 Å². The fraction of sp³-hybridized carbons (Fsp3) is 1.00. The highest BCUT2D eigenvalue weighted by atomic mass is 127. The Morgan fingerprint density at radius 2 is 1.74 bits per heavy atom. The van der Waals surface area contributed by atoms with Crippen molar-refractivity contribution < 1.29 is 4.74 Å². The van der Waals surface area contributed by atoms with Gasteiger partial charge in [-0.2, -0.15) is 0 Å². The lowest BCUT2D eigenvalue weighted by Gasteiger charge is -2.45. The van der Waals surface area contributed by atoms with Gasteiger partial charge in [0, 0.05) is 4.43 Å². The lowest BCUT2D eigenvalue weighted by atomic mass is 9.69. The Hall–Kier alpha value is 0.690. The van der Waals surface area contributed by atoms with Gasteiger partial charge in [0.25, 0.3) is 0 Å². The average molecular weight is 376 g/mol. The first kappa shape index (κ1) is 14.6. The van der Waals surface area contributed by atoms with Gasteiger partial charge in [-0.15, -0.1) is 0 Å². The first-order chi connectivity index (χ1) is 8.94. The Bertz CT molecular complexity index is 345. The van der Waals surface area contributed by atoms with E-state index in [1.54, 1.807) is 0 Å². The van der Waals surface area contributed by atoms with Gasteiger partial charge in [0.1, 0.15) is 0 Å². The molecule has 0 heterocycles. The predicted molar refractivity (Wildman–Crippen MR) is 88.8 cm³/mol. The number of alkyl halides is 1. The van der Waals surface area contributed by atoms with Crippen LogP contribution in [-0.2, 0) is 4.74 Å². The maximum Gasteiger partial charge on any atom is 0.0775 e. The minimum Gasteiger partial charge on any atom is -0.370 e. The van der Waals surface area contributed by atoms with E-state index in [4.69, 9.17) is 4.74 Å². The Morgan fingerprint density at radius 3 is 2.21 bits per heavy atom. The van der Waals surface area contributed by atoms with Crippen LogP contribution in [0.25, 0.3) is 0 Å². The van der Waals surface area contributed by atoms with Crippen LogP contribution in [0, 0.1) is 16.7 Å². The molecule has 3 aliphatic rings. The minimum atomic E-state index is 0.215. The molecule has 2 heteroatoms. The van der Waals surface area contributed by atoms with Crippen LogP contribution >= 0.6 is 22.6 Å². The quantitative estimate of drug-likeness (QED) is 0.476. The van der Waals surface area contributed by atoms with Crippen LogP contribution in [0.2, 0.25) is 0 Å². The first-order valence-electron chi connectivity index (χ1n) is 8.17. The van der Waals surface area contributed by atoms with Gasteiger partial charge in [0.05, 0.1) is 11.7 Å². The summed E-state index contributed by atoms with van der Waals surface area (Å²) in [5.74, 6) is 0.900. The van der Waals surface area contributed by atoms with Crippen molar-refractivity contribution in [3.05, 3.63) is 0 Å². The molecule has 3 unspecified atom stereocenters. The molecular weight excluding hydrogens is 347 g/mol. The molecule has 0 spiro atoms. The van der Waals surface area contributed by atoms with E-state index in [-0.39, 0.29) is 5.60 Å². The summed E-state index contributed by atoms with van der Waals surface area (Å²) >= 11 is 2.56. The Kier molecular flexibility index (Phi) is 3.74. The summed E-state index contributed by atoms with van der Waals surface area (Å²) < 4.78 is 8.04. The zero-order chi connectivity index (χ0) is 13.7. The maximum absolute atomic E-state index is 6.85. The molecule has 0 aliphatic heterocycles. The second-order valence-corrected chi connectivity index (χ2v) is 8.86. The highest BCUT2D eigenvalue weighted by molar-refractivity contribution is 14.1. The summed E-state index contributed by atoms with van der Waals surface area (Å²) in [6.07, 6.45) is 11.4. The van der Waals surface area contributed by atoms with E-state index >= 15 is 0 Å². The largest absolute Gasteiger partial charge is 0.370 e. The van der Waals surface area contributed by atoms with E-state index in [9.17, 15) is 0 Å². The molecule has 0 aromatic heterocycles. The van der Waals surface area contributed by atoms with E-state index in [0.29, 0.717) is 16.9 Å². The second-order valence-electron chi connectivity index (χ2n) is 8.09. The van der Waals surface area contributed by atoms with Crippen molar-refractivity contribution >= 4 is 22.6 Å². The van der Waals surface area contributed by atoms with E-state index in [1.807, 2.05) is 0 Å². The van der Waals surface area contributed by atoms with Crippen LogP contribution in [0.3, 0.4) is 0 Å². The van der Waals surface area contributed by atoms with Crippen LogP contribution in [0.15, 0.2) is 0 Å². The summed E-state index contributed by atoms with van der Waals surface area (Å²) in [6.45, 7) is 7.49. The molecule has 110 valence electrons. The topological polar surface area (TPSA) is 9.23 Å². The first-order valence-corrected chi connectivity index (χ1v) is 9.70. The Morgan fingerprint density at radius 1 is 1.05 bits per heavy atom. The van der Waals surface area contributed by atoms with Gasteiger partial charge in [0.15, 0.2) is 0 Å². The fourth-order valence-corrected chi connectivity index (χ4v) is 6.03. The molecule has 0 aromatic rings. The third-order valence-corrected chi connectivity index (χ3v) is 8.50. The molecule has 3 fully saturated rings. The lowest BCUT2D eigenvalue weighted by Crippen LogP contribution is -2.46. The van der Waals surface area contributed by atoms with Gasteiger partial charge in [-0.3, -0.25) is 0 Å². The molecule has 3 aliphatic carbocycles. The predicted octanol–water partition coefficient (Wildman–Crippen LogP) is 5.36. The van der Waals surface area contributed by atoms with Crippen molar-refractivity contribution in [1.82, 2.24) is 0 Å². The zero-order valence-corrected chi connectivity index (χ0v) is 15.0. The summed E-state index contributed by atoms with van der Waals surface area (Å²) in [5.41, 5.74) is 1.12. The van der Waals surface area contributed by atoms with Gasteiger partial charge in [-0.05, 0) is 48.9 Å². The number of rotatable bonds is 3. The Labute approximate surface area is 132 Å². The highest BCUT2D eigenvalue weighted by Gasteiger charge is 2.62. The molecule has 0 aromatic carbocycles. The molecular formula is C17H29IO. The summed E-state index contributed by atoms with van der Waals surface area (Å²) in [4.78, 5) is 0. The third kappa shape index (κ3) is 2.11. The second kappa shape index (κ2) is 4.86. The van der Waals surface area contributed by atoms with Crippen molar-refractivity contribution in [2.75, 3.05) is 4.43 Å². The molecule has 0 N–H and O–H groups in total. The zero-order valence-electron chi connectivity index (χ0n) is 12.8. The van der Waals surface area contributed by atoms with Gasteiger partial charge in [-0.1, -0.05) is 62.6 Å². The minimum absolute atomic E-state index is 0.215. The monoisotopic (exact) mass is 376 g/mol. The molecule has 3 rings (SSSR count). The molecule has 2 bridgehead atoms. The molecule has 1 nitrogen and oxygen atoms in total. The summed E-state index contributed by atoms with van der Waals surface area (Å²) in [7, 11) is 0. The maximum atomic E-state index is 6.85. The number of hydrogen-bond acceptors (Lipinski definition) is 1. The third-order valence-electron chi connectivity index (χ3n) is 7.11. The van der Waals surface area contributed by atoms with Crippen LogP contribution in [-0.4, -0.2) is 16.1 Å². The van der Waals surface area contributed by atoms with Crippen LogP contribution < -0.4 is 0 Å². The lowest BCUT2D eigenvalue weighted by molar-refractivity contribution is -0.145. The van der Waals surface area contributed by atoms with Gasteiger partial charge in [0.2, 0.25) is 0 Å². The van der Waals surface area contributed by atoms with Crippen molar-refractivity contribution in [2.24, 2.45) is 16.7 Å². The van der Waals surface area contributed by atoms with Crippen LogP contribution in [0.1, 0.15) is 72.1 Å². The van der Waals surface area contributed by atoms with E-state index in [1.165, 1.54) is 55.8 Å². The molecule has 3 atom stereocenters. The van der Waals surface area contributed by atoms with Crippen LogP contribution in [0.5, 0.6) is 0 Å². The van der Waals surface area contributed by atoms with Gasteiger partial charge >= 0.3 is 0 Å². The average Bonchev–Trinajstić information content (AvgIpc) is 2.73. The molecule has 19 heavy (non-hydrogen) atoms. The smallest absolute Gasteiger partial charge is 0.0775 e. The number of ether oxygens (including phenoxy) is 1. The Balaban J connectivity index is 1.77. The van der Waals surface area contributed by atoms with Crippen LogP contribution in [0.4, 0.5) is 0 Å². The molecule has 0 saturated heterocycles. The summed E-state index contributed by atoms with van der Waals surface area (Å²) in [5, 5.41) is 0. The van der Waals surface area contributed by atoms with Gasteiger partial charge < -0.3 is 4.74 Å². The number of fused-ring (bicyclic) bond motifs is 2. The van der Waals surface area contributed by atoms with E-state index < -0.39 is 0 Å². The normalized spacial score (nSPS) is 43.6. The molecule has 0 radical (unpaired) electrons. The molecule has 3 saturated carbocycles. The van der Waals surface area contributed by atoms with Crippen molar-refractivity contribution in [3.8, 4) is 0 Å². The van der Waals surface area contributed by atoms with Crippen molar-refractivity contribution in [3.63, 3.8) is 0 Å². The standard InChI is InChI=1S/C17H29IO/c1-15(2)13-7-10-16(15,3)14(11-13)19-17(12-18)8-5-4-6-9-17/h13-14H,4-12H2,1-3H3. The van der Waals surface area contributed by atoms with E-state index in [0.717, 1.165) is 5.92 Å². The van der Waals surface area contributed by atoms with Gasteiger partial charge in [-0.25, -0.2) is 0 Å². The SMILES string of the molecule is CC1(C)C2CCC1(C)C(OC1(CI)CCCCC1)C2. The fourth-order valence-electron chi connectivity index (χ4n) is 5.09. The number of hydrogen-bond donors (Lipinski definition) is 0. The molecule has 0 amide bonds. The summed E-state index contributed by atoms with van der Waals surface area (Å²) in [6, 6.07) is 0. The van der Waals surface area contributed by atoms with E-state index in [2.05, 4.69) is 43.4 Å².